The van der Waals surface area contributed by atoms with E-state index in [1.807, 2.05) is 13.8 Å². The molecule has 2 aliphatic rings. The molecule has 10 heteroatoms. The molecule has 1 unspecified atom stereocenters. The molecule has 0 aromatic heterocycles. The number of amides is 1. The molecule has 0 bridgehead atoms. The highest BCUT2D eigenvalue weighted by molar-refractivity contribution is 6.11. The zero-order valence-electron chi connectivity index (χ0n) is 24.0. The zero-order chi connectivity index (χ0) is 30.9. The molecule has 43 heavy (non-hydrogen) atoms. The molecule has 1 fully saturated rings. The van der Waals surface area contributed by atoms with Crippen LogP contribution in [0.3, 0.4) is 0 Å². The summed E-state index contributed by atoms with van der Waals surface area (Å²) in [6.07, 6.45) is -4.03. The van der Waals surface area contributed by atoms with Gasteiger partial charge in [0.2, 0.25) is 0 Å². The van der Waals surface area contributed by atoms with Crippen molar-refractivity contribution in [2.45, 2.75) is 50.4 Å². The standard InChI is InChI=1S/C33H34F5N3O2/c1-21(2)30-39-32(24-6-10-27(34)11-7-24,25-8-12-28(35)13-9-25)31(43)41(30)20-29(42)19-40-16-14-22(15-17-40)23-4-3-5-26(18-23)33(36,37)38/h3-13,18,21-22,29,42H,14-17,19-20H2,1-2H3. The smallest absolute Gasteiger partial charge is 0.390 e. The minimum Gasteiger partial charge on any atom is -0.390 e. The van der Waals surface area contributed by atoms with E-state index in [4.69, 9.17) is 4.99 Å². The van der Waals surface area contributed by atoms with E-state index in [0.29, 0.717) is 48.5 Å². The first-order valence-electron chi connectivity index (χ1n) is 14.4. The average molecular weight is 600 g/mol. The Hall–Kier alpha value is -3.63. The van der Waals surface area contributed by atoms with Crippen LogP contribution in [0.15, 0.2) is 77.8 Å². The third-order valence-corrected chi connectivity index (χ3v) is 8.29. The first-order valence-corrected chi connectivity index (χ1v) is 14.4. The monoisotopic (exact) mass is 599 g/mol. The molecule has 3 aromatic rings. The van der Waals surface area contributed by atoms with Crippen LogP contribution in [0, 0.1) is 17.6 Å². The molecule has 1 atom stereocenters. The van der Waals surface area contributed by atoms with Crippen molar-refractivity contribution in [3.8, 4) is 0 Å². The maximum atomic E-state index is 14.3. The Bertz CT molecular complexity index is 1420. The maximum absolute atomic E-state index is 14.3. The number of rotatable bonds is 8. The van der Waals surface area contributed by atoms with Crippen LogP contribution in [0.4, 0.5) is 22.0 Å². The Labute approximate surface area is 247 Å². The number of aliphatic imine (C=N–C) groups is 1. The Morgan fingerprint density at radius 1 is 0.907 bits per heavy atom. The number of hydrogen-bond donors (Lipinski definition) is 1. The molecule has 0 saturated carbocycles. The number of nitrogens with zero attached hydrogens (tertiary/aromatic N) is 3. The van der Waals surface area contributed by atoms with Crippen LogP contribution in [-0.4, -0.2) is 58.9 Å². The number of β-amino-alcohol motifs (C(OH)–C–C–N with tert-alkyl or cyclic N) is 1. The number of amidine groups is 1. The molecule has 5 rings (SSSR count). The Balaban J connectivity index is 1.31. The van der Waals surface area contributed by atoms with Gasteiger partial charge in [-0.25, -0.2) is 13.8 Å². The van der Waals surface area contributed by atoms with Gasteiger partial charge in [0.25, 0.3) is 5.91 Å². The number of halogens is 5. The number of aliphatic hydroxyl groups excluding tert-OH is 1. The topological polar surface area (TPSA) is 56.1 Å². The minimum absolute atomic E-state index is 0.0115. The van der Waals surface area contributed by atoms with Crippen molar-refractivity contribution >= 4 is 11.7 Å². The van der Waals surface area contributed by atoms with Gasteiger partial charge in [0.05, 0.1) is 18.2 Å². The van der Waals surface area contributed by atoms with Gasteiger partial charge >= 0.3 is 6.18 Å². The predicted molar refractivity (Wildman–Crippen MR) is 153 cm³/mol. The van der Waals surface area contributed by atoms with E-state index < -0.39 is 40.9 Å². The highest BCUT2D eigenvalue weighted by atomic mass is 19.4. The van der Waals surface area contributed by atoms with Gasteiger partial charge in [-0.15, -0.1) is 0 Å². The number of hydrogen-bond acceptors (Lipinski definition) is 4. The van der Waals surface area contributed by atoms with E-state index in [1.165, 1.54) is 65.6 Å². The first kappa shape index (κ1) is 30.8. The minimum atomic E-state index is -4.39. The summed E-state index contributed by atoms with van der Waals surface area (Å²) in [7, 11) is 0. The molecule has 5 nitrogen and oxygen atoms in total. The molecule has 1 saturated heterocycles. The third kappa shape index (κ3) is 6.35. The van der Waals surface area contributed by atoms with Crippen molar-refractivity contribution < 1.29 is 31.9 Å². The number of piperidine rings is 1. The molecule has 2 heterocycles. The number of alkyl halides is 3. The number of likely N-dealkylation sites (tertiary alicyclic amines) is 1. The van der Waals surface area contributed by atoms with Crippen LogP contribution in [0.1, 0.15) is 54.9 Å². The lowest BCUT2D eigenvalue weighted by Gasteiger charge is -2.35. The zero-order valence-corrected chi connectivity index (χ0v) is 24.0. The molecular weight excluding hydrogens is 565 g/mol. The van der Waals surface area contributed by atoms with E-state index in [2.05, 4.69) is 4.90 Å². The van der Waals surface area contributed by atoms with Crippen molar-refractivity contribution in [2.24, 2.45) is 10.9 Å². The van der Waals surface area contributed by atoms with Crippen molar-refractivity contribution in [1.29, 1.82) is 0 Å². The SMILES string of the molecule is CC(C)C1=NC(c2ccc(F)cc2)(c2ccc(F)cc2)C(=O)N1CC(O)CN1CCC(c2cccc(C(F)(F)F)c2)CC1. The highest BCUT2D eigenvalue weighted by Crippen LogP contribution is 2.42. The van der Waals surface area contributed by atoms with E-state index in [0.717, 1.165) is 6.07 Å². The van der Waals surface area contributed by atoms with Gasteiger partial charge in [0.15, 0.2) is 5.54 Å². The summed E-state index contributed by atoms with van der Waals surface area (Å²) in [5.74, 6) is -1.11. The highest BCUT2D eigenvalue weighted by Gasteiger charge is 2.51. The lowest BCUT2D eigenvalue weighted by atomic mass is 9.82. The largest absolute Gasteiger partial charge is 0.416 e. The lowest BCUT2D eigenvalue weighted by Crippen LogP contribution is -2.48. The molecule has 0 radical (unpaired) electrons. The van der Waals surface area contributed by atoms with Crippen LogP contribution < -0.4 is 0 Å². The van der Waals surface area contributed by atoms with Gasteiger partial charge in [-0.2, -0.15) is 13.2 Å². The van der Waals surface area contributed by atoms with Gasteiger partial charge in [0, 0.05) is 12.5 Å². The number of aliphatic hydroxyl groups is 1. The summed E-state index contributed by atoms with van der Waals surface area (Å²) in [6.45, 7) is 5.18. The van der Waals surface area contributed by atoms with E-state index in [1.54, 1.807) is 6.07 Å². The summed E-state index contributed by atoms with van der Waals surface area (Å²) in [5.41, 5.74) is -0.703. The van der Waals surface area contributed by atoms with E-state index in [9.17, 15) is 31.9 Å². The second kappa shape index (κ2) is 12.2. The average Bonchev–Trinajstić information content (AvgIpc) is 3.26. The quantitative estimate of drug-likeness (QED) is 0.307. The molecule has 1 amide bonds. The van der Waals surface area contributed by atoms with Crippen LogP contribution in [0.2, 0.25) is 0 Å². The maximum Gasteiger partial charge on any atom is 0.416 e. The van der Waals surface area contributed by atoms with Crippen molar-refractivity contribution in [1.82, 2.24) is 9.80 Å². The molecule has 3 aromatic carbocycles. The summed E-state index contributed by atoms with van der Waals surface area (Å²) in [4.78, 5) is 22.7. The second-order valence-electron chi connectivity index (χ2n) is 11.6. The molecule has 0 aliphatic carbocycles. The summed E-state index contributed by atoms with van der Waals surface area (Å²) in [6, 6.07) is 16.4. The van der Waals surface area contributed by atoms with Crippen LogP contribution >= 0.6 is 0 Å². The van der Waals surface area contributed by atoms with Crippen LogP contribution in [-0.2, 0) is 16.5 Å². The summed E-state index contributed by atoms with van der Waals surface area (Å²) in [5, 5.41) is 11.2. The molecule has 228 valence electrons. The summed E-state index contributed by atoms with van der Waals surface area (Å²) < 4.78 is 67.2. The molecular formula is C33H34F5N3O2. The fourth-order valence-electron chi connectivity index (χ4n) is 6.11. The Morgan fingerprint density at radius 3 is 1.98 bits per heavy atom. The van der Waals surface area contributed by atoms with Gasteiger partial charge in [-0.05, 0) is 78.9 Å². The van der Waals surface area contributed by atoms with E-state index in [-0.39, 0.29) is 24.9 Å². The molecule has 2 aliphatic heterocycles. The van der Waals surface area contributed by atoms with Gasteiger partial charge in [-0.3, -0.25) is 9.69 Å². The van der Waals surface area contributed by atoms with Crippen LogP contribution in [0.5, 0.6) is 0 Å². The Kier molecular flexibility index (Phi) is 8.72. The van der Waals surface area contributed by atoms with E-state index >= 15 is 0 Å². The Morgan fingerprint density at radius 2 is 1.47 bits per heavy atom. The number of benzene rings is 3. The molecule has 0 spiro atoms. The number of carbonyl (C=O) groups excluding carboxylic acids is 1. The van der Waals surface area contributed by atoms with Crippen molar-refractivity contribution in [2.75, 3.05) is 26.2 Å². The first-order chi connectivity index (χ1) is 20.4. The van der Waals surface area contributed by atoms with Gasteiger partial charge in [-0.1, -0.05) is 56.3 Å². The fraction of sp³-hybridized carbons (Fsp3) is 0.394. The van der Waals surface area contributed by atoms with Crippen molar-refractivity contribution in [3.63, 3.8) is 0 Å². The fourth-order valence-corrected chi connectivity index (χ4v) is 6.11. The third-order valence-electron chi connectivity index (χ3n) is 8.29. The van der Waals surface area contributed by atoms with Crippen LogP contribution in [0.25, 0.3) is 0 Å². The summed E-state index contributed by atoms with van der Waals surface area (Å²) >= 11 is 0. The van der Waals surface area contributed by atoms with Gasteiger partial charge in [0.1, 0.15) is 17.5 Å². The predicted octanol–water partition coefficient (Wildman–Crippen LogP) is 6.36. The lowest BCUT2D eigenvalue weighted by molar-refractivity contribution is -0.137. The van der Waals surface area contributed by atoms with Crippen molar-refractivity contribution in [3.05, 3.63) is 107 Å². The number of carbonyl (C=O) groups is 1. The molecule has 1 N–H and O–H groups in total. The van der Waals surface area contributed by atoms with Gasteiger partial charge < -0.3 is 10.0 Å². The normalized spacial score (nSPS) is 18.8. The second-order valence-corrected chi connectivity index (χ2v) is 11.6.